The molecule has 0 spiro atoms. The molecule has 0 unspecified atom stereocenters. The van der Waals surface area contributed by atoms with E-state index in [2.05, 4.69) is 20.6 Å². The summed E-state index contributed by atoms with van der Waals surface area (Å²) in [6.45, 7) is 1.48. The standard InChI is InChI=1S/C21H25FN6O2/c1-30-17-9-18-25-16(11-29)20(28(18)27-19(17)12-4-5-12)15-7-6-14(22)21(26-15)24-13-3-2-8-23-10-13/h6-7,9,12-13,23,29H,2-5,8,10-11H2,1H3,(H,24,26)/t13-/m1/s1. The number of nitrogens with one attached hydrogen (secondary N) is 2. The largest absolute Gasteiger partial charge is 0.495 e. The molecule has 3 aromatic rings. The van der Waals surface area contributed by atoms with Gasteiger partial charge in [-0.15, -0.1) is 0 Å². The predicted molar refractivity (Wildman–Crippen MR) is 110 cm³/mol. The minimum atomic E-state index is -0.406. The Morgan fingerprint density at radius 1 is 1.30 bits per heavy atom. The summed E-state index contributed by atoms with van der Waals surface area (Å²) in [7, 11) is 1.62. The summed E-state index contributed by atoms with van der Waals surface area (Å²) < 4.78 is 21.7. The lowest BCUT2D eigenvalue weighted by Gasteiger charge is -2.24. The Labute approximate surface area is 173 Å². The van der Waals surface area contributed by atoms with Crippen molar-refractivity contribution in [3.8, 4) is 17.1 Å². The van der Waals surface area contributed by atoms with Crippen LogP contribution >= 0.6 is 0 Å². The molecule has 8 nitrogen and oxygen atoms in total. The van der Waals surface area contributed by atoms with E-state index in [-0.39, 0.29) is 18.5 Å². The van der Waals surface area contributed by atoms with Gasteiger partial charge in [0.1, 0.15) is 17.1 Å². The van der Waals surface area contributed by atoms with Gasteiger partial charge in [0.15, 0.2) is 17.3 Å². The van der Waals surface area contributed by atoms with E-state index in [9.17, 15) is 9.50 Å². The summed E-state index contributed by atoms with van der Waals surface area (Å²) in [4.78, 5) is 9.05. The maximum atomic E-state index is 14.5. The van der Waals surface area contributed by atoms with Crippen molar-refractivity contribution in [3.63, 3.8) is 0 Å². The zero-order valence-corrected chi connectivity index (χ0v) is 16.9. The molecule has 1 aliphatic carbocycles. The van der Waals surface area contributed by atoms with E-state index in [1.165, 1.54) is 6.07 Å². The predicted octanol–water partition coefficient (Wildman–Crippen LogP) is 2.47. The van der Waals surface area contributed by atoms with E-state index in [1.807, 2.05) is 6.07 Å². The Morgan fingerprint density at radius 2 is 2.17 bits per heavy atom. The van der Waals surface area contributed by atoms with Crippen LogP contribution in [0, 0.1) is 5.82 Å². The van der Waals surface area contributed by atoms with Crippen molar-refractivity contribution in [2.75, 3.05) is 25.5 Å². The van der Waals surface area contributed by atoms with Crippen LogP contribution in [0.15, 0.2) is 18.2 Å². The Balaban J connectivity index is 1.59. The van der Waals surface area contributed by atoms with Crippen molar-refractivity contribution in [1.29, 1.82) is 0 Å². The number of hydrogen-bond donors (Lipinski definition) is 3. The quantitative estimate of drug-likeness (QED) is 0.572. The van der Waals surface area contributed by atoms with Gasteiger partial charge in [0.05, 0.1) is 25.1 Å². The molecule has 30 heavy (non-hydrogen) atoms. The number of hydrogen-bond acceptors (Lipinski definition) is 7. The molecule has 1 aliphatic heterocycles. The summed E-state index contributed by atoms with van der Waals surface area (Å²) in [6.07, 6.45) is 4.15. The fourth-order valence-electron chi connectivity index (χ4n) is 4.03. The third-order valence-electron chi connectivity index (χ3n) is 5.73. The minimum absolute atomic E-state index is 0.124. The first-order valence-corrected chi connectivity index (χ1v) is 10.4. The highest BCUT2D eigenvalue weighted by molar-refractivity contribution is 5.66. The number of aliphatic hydroxyl groups is 1. The third-order valence-corrected chi connectivity index (χ3v) is 5.73. The molecule has 3 N–H and O–H groups in total. The van der Waals surface area contributed by atoms with Crippen molar-refractivity contribution in [3.05, 3.63) is 35.4 Å². The summed E-state index contributed by atoms with van der Waals surface area (Å²) >= 11 is 0. The van der Waals surface area contributed by atoms with Crippen molar-refractivity contribution < 1.29 is 14.2 Å². The van der Waals surface area contributed by atoms with E-state index in [0.717, 1.165) is 44.5 Å². The lowest BCUT2D eigenvalue weighted by atomic mass is 10.1. The number of rotatable bonds is 6. The normalized spacial score (nSPS) is 19.2. The molecule has 5 rings (SSSR count). The summed E-state index contributed by atoms with van der Waals surface area (Å²) in [5.41, 5.74) is 2.97. The van der Waals surface area contributed by atoms with E-state index in [1.54, 1.807) is 17.7 Å². The van der Waals surface area contributed by atoms with Crippen LogP contribution < -0.4 is 15.4 Å². The molecule has 158 valence electrons. The molecule has 0 radical (unpaired) electrons. The van der Waals surface area contributed by atoms with E-state index in [4.69, 9.17) is 9.84 Å². The number of fused-ring (bicyclic) bond motifs is 1. The van der Waals surface area contributed by atoms with Crippen LogP contribution in [0.2, 0.25) is 0 Å². The number of imidazole rings is 1. The van der Waals surface area contributed by atoms with Crippen LogP contribution in [-0.4, -0.2) is 50.9 Å². The number of aromatic nitrogens is 4. The van der Waals surface area contributed by atoms with Gasteiger partial charge in [0.25, 0.3) is 0 Å². The molecule has 2 fully saturated rings. The van der Waals surface area contributed by atoms with Gasteiger partial charge < -0.3 is 20.5 Å². The van der Waals surface area contributed by atoms with Crippen molar-refractivity contribution in [2.45, 2.75) is 44.2 Å². The molecular weight excluding hydrogens is 387 g/mol. The number of piperidine rings is 1. The third kappa shape index (κ3) is 3.48. The highest BCUT2D eigenvalue weighted by Gasteiger charge is 2.30. The molecule has 4 heterocycles. The second-order valence-corrected chi connectivity index (χ2v) is 7.92. The number of ether oxygens (including phenoxy) is 1. The number of halogens is 1. The maximum absolute atomic E-state index is 14.5. The molecule has 2 aliphatic rings. The average molecular weight is 412 g/mol. The average Bonchev–Trinajstić information content (AvgIpc) is 3.56. The molecule has 1 saturated heterocycles. The number of aliphatic hydroxyl groups excluding tert-OH is 1. The van der Waals surface area contributed by atoms with Crippen LogP contribution in [0.3, 0.4) is 0 Å². The van der Waals surface area contributed by atoms with E-state index < -0.39 is 5.82 Å². The summed E-state index contributed by atoms with van der Waals surface area (Å²) in [5.74, 6) is 0.868. The SMILES string of the molecule is COc1cc2nc(CO)c(-c3ccc(F)c(N[C@@H]4CCCNC4)n3)n2nc1C1CC1. The number of methoxy groups -OCH3 is 1. The molecule has 1 saturated carbocycles. The topological polar surface area (TPSA) is 96.6 Å². The minimum Gasteiger partial charge on any atom is -0.495 e. The maximum Gasteiger partial charge on any atom is 0.165 e. The first-order valence-electron chi connectivity index (χ1n) is 10.4. The van der Waals surface area contributed by atoms with Gasteiger partial charge in [-0.3, -0.25) is 0 Å². The number of nitrogens with zero attached hydrogens (tertiary/aromatic N) is 4. The van der Waals surface area contributed by atoms with Crippen LogP contribution in [0.25, 0.3) is 17.0 Å². The summed E-state index contributed by atoms with van der Waals surface area (Å²) in [5, 5.41) is 21.2. The van der Waals surface area contributed by atoms with Gasteiger partial charge in [-0.1, -0.05) is 0 Å². The van der Waals surface area contributed by atoms with Crippen LogP contribution in [0.5, 0.6) is 5.75 Å². The zero-order valence-electron chi connectivity index (χ0n) is 16.9. The van der Waals surface area contributed by atoms with Gasteiger partial charge in [0.2, 0.25) is 0 Å². The van der Waals surface area contributed by atoms with Crippen LogP contribution in [-0.2, 0) is 6.61 Å². The van der Waals surface area contributed by atoms with Crippen LogP contribution in [0.1, 0.15) is 43.0 Å². The molecule has 3 aromatic heterocycles. The second-order valence-electron chi connectivity index (χ2n) is 7.92. The number of pyridine rings is 1. The van der Waals surface area contributed by atoms with E-state index in [0.29, 0.717) is 34.4 Å². The Kier molecular flexibility index (Phi) is 5.00. The fraction of sp³-hybridized carbons (Fsp3) is 0.476. The molecule has 0 bridgehead atoms. The lowest BCUT2D eigenvalue weighted by molar-refractivity contribution is 0.278. The zero-order chi connectivity index (χ0) is 20.7. The molecule has 9 heteroatoms. The van der Waals surface area contributed by atoms with E-state index >= 15 is 0 Å². The lowest BCUT2D eigenvalue weighted by Crippen LogP contribution is -2.38. The van der Waals surface area contributed by atoms with Gasteiger partial charge in [-0.25, -0.2) is 18.9 Å². The Bertz CT molecular complexity index is 1080. The van der Waals surface area contributed by atoms with Crippen molar-refractivity contribution in [1.82, 2.24) is 24.9 Å². The number of anilines is 1. The molecule has 0 amide bonds. The van der Waals surface area contributed by atoms with Gasteiger partial charge in [-0.2, -0.15) is 5.10 Å². The fourth-order valence-corrected chi connectivity index (χ4v) is 4.03. The Hall–Kier alpha value is -2.78. The Morgan fingerprint density at radius 3 is 2.87 bits per heavy atom. The summed E-state index contributed by atoms with van der Waals surface area (Å²) in [6, 6.07) is 4.96. The first-order chi connectivity index (χ1) is 14.7. The van der Waals surface area contributed by atoms with Crippen LogP contribution in [0.4, 0.5) is 10.2 Å². The first kappa shape index (κ1) is 19.2. The highest BCUT2D eigenvalue weighted by Crippen LogP contribution is 2.43. The van der Waals surface area contributed by atoms with Gasteiger partial charge >= 0.3 is 0 Å². The smallest absolute Gasteiger partial charge is 0.165 e. The highest BCUT2D eigenvalue weighted by atomic mass is 19.1. The van der Waals surface area contributed by atoms with Gasteiger partial charge in [-0.05, 0) is 44.4 Å². The van der Waals surface area contributed by atoms with Crippen molar-refractivity contribution in [2.24, 2.45) is 0 Å². The molecular formula is C21H25FN6O2. The molecule has 0 aromatic carbocycles. The monoisotopic (exact) mass is 412 g/mol. The van der Waals surface area contributed by atoms with Gasteiger partial charge in [0, 0.05) is 24.6 Å². The van der Waals surface area contributed by atoms with Crippen molar-refractivity contribution >= 4 is 11.5 Å². The molecule has 1 atom stereocenters. The second kappa shape index (κ2) is 7.81.